The van der Waals surface area contributed by atoms with Gasteiger partial charge in [0.05, 0.1) is 46.9 Å². The Morgan fingerprint density at radius 1 is 1.07 bits per heavy atom. The van der Waals surface area contributed by atoms with Crippen molar-refractivity contribution in [3.05, 3.63) is 47.0 Å². The number of hydrogen-bond acceptors (Lipinski definition) is 10. The maximum Gasteiger partial charge on any atom is 0.258 e. The second kappa shape index (κ2) is 17.4. The van der Waals surface area contributed by atoms with Crippen LogP contribution in [0.3, 0.4) is 0 Å². The largest absolute Gasteiger partial charge is 0.331 e. The lowest BCUT2D eigenvalue weighted by Gasteiger charge is -2.44. The summed E-state index contributed by atoms with van der Waals surface area (Å²) < 4.78 is 0. The van der Waals surface area contributed by atoms with Crippen LogP contribution in [0.25, 0.3) is 0 Å². The Morgan fingerprint density at radius 3 is 2.39 bits per heavy atom. The zero-order valence-corrected chi connectivity index (χ0v) is 33.6. The predicted octanol–water partition coefficient (Wildman–Crippen LogP) is 5.03. The summed E-state index contributed by atoms with van der Waals surface area (Å²) in [7, 11) is 0. The van der Waals surface area contributed by atoms with Gasteiger partial charge in [0.2, 0.25) is 17.7 Å². The molecule has 2 N–H and O–H groups in total. The van der Waals surface area contributed by atoms with E-state index in [-0.39, 0.29) is 71.4 Å². The van der Waals surface area contributed by atoms with Gasteiger partial charge < -0.3 is 15.1 Å². The fourth-order valence-electron chi connectivity index (χ4n) is 8.57. The van der Waals surface area contributed by atoms with Crippen molar-refractivity contribution in [2.45, 2.75) is 109 Å². The Kier molecular flexibility index (Phi) is 13.3. The molecule has 3 aliphatic heterocycles. The Hall–Kier alpha value is -3.74. The molecule has 4 fully saturated rings. The highest BCUT2D eigenvalue weighted by atomic mass is 35.5. The third-order valence-electron chi connectivity index (χ3n) is 11.4. The molecule has 3 atom stereocenters. The number of halogens is 2. The van der Waals surface area contributed by atoms with Crippen LogP contribution in [0.1, 0.15) is 96.4 Å². The van der Waals surface area contributed by atoms with Gasteiger partial charge in [0.25, 0.3) is 5.91 Å². The van der Waals surface area contributed by atoms with Gasteiger partial charge >= 0.3 is 0 Å². The van der Waals surface area contributed by atoms with E-state index in [1.54, 1.807) is 24.4 Å². The Bertz CT molecular complexity index is 1790. The number of carbonyl (C=O) groups is 4. The highest BCUT2D eigenvalue weighted by molar-refractivity contribution is 7.80. The number of anilines is 2. The zero-order chi connectivity index (χ0) is 38.0. The number of thiocarbonyl (C=S) groups is 1. The molecular formula is C38H49Cl2N9O4S. The van der Waals surface area contributed by atoms with Crippen LogP contribution in [-0.2, 0) is 19.2 Å². The smallest absolute Gasteiger partial charge is 0.258 e. The van der Waals surface area contributed by atoms with Crippen molar-refractivity contribution in [3.63, 3.8) is 0 Å². The quantitative estimate of drug-likeness (QED) is 0.246. The summed E-state index contributed by atoms with van der Waals surface area (Å²) in [4.78, 5) is 67.1. The average molecular weight is 799 g/mol. The van der Waals surface area contributed by atoms with Crippen LogP contribution in [0.4, 0.5) is 11.4 Å². The van der Waals surface area contributed by atoms with Gasteiger partial charge in [-0.15, -0.1) is 12.4 Å². The van der Waals surface area contributed by atoms with E-state index in [1.807, 2.05) is 19.9 Å². The molecule has 3 saturated heterocycles. The molecule has 54 heavy (non-hydrogen) atoms. The number of imide groups is 1. The Morgan fingerprint density at radius 2 is 1.78 bits per heavy atom. The number of amides is 4. The van der Waals surface area contributed by atoms with Crippen LogP contribution in [-0.4, -0.2) is 103 Å². The van der Waals surface area contributed by atoms with Crippen molar-refractivity contribution in [1.82, 2.24) is 30.0 Å². The highest BCUT2D eigenvalue weighted by Crippen LogP contribution is 2.40. The fourth-order valence-corrected chi connectivity index (χ4v) is 9.33. The van der Waals surface area contributed by atoms with Gasteiger partial charge in [-0.05, 0) is 116 Å². The van der Waals surface area contributed by atoms with Crippen molar-refractivity contribution in [3.8, 4) is 6.07 Å². The summed E-state index contributed by atoms with van der Waals surface area (Å²) >= 11 is 12.1. The van der Waals surface area contributed by atoms with Crippen LogP contribution in [0.2, 0.25) is 5.02 Å². The Labute approximate surface area is 333 Å². The topological polar surface area (TPSA) is 155 Å². The molecule has 1 unspecified atom stereocenters. The number of pyridine rings is 2. The summed E-state index contributed by atoms with van der Waals surface area (Å²) in [6.07, 6.45) is 10.2. The number of carbonyl (C=O) groups excluding carboxylic acids is 4. The van der Waals surface area contributed by atoms with Crippen LogP contribution < -0.4 is 15.5 Å². The first-order valence-corrected chi connectivity index (χ1v) is 19.4. The van der Waals surface area contributed by atoms with Crippen molar-refractivity contribution in [1.29, 1.82) is 5.26 Å². The van der Waals surface area contributed by atoms with E-state index in [0.717, 1.165) is 58.2 Å². The number of piperazine rings is 1. The third-order valence-corrected chi connectivity index (χ3v) is 12.0. The van der Waals surface area contributed by atoms with Crippen LogP contribution >= 0.6 is 36.2 Å². The third kappa shape index (κ3) is 8.87. The summed E-state index contributed by atoms with van der Waals surface area (Å²) in [5.41, 5.74) is 0.960. The van der Waals surface area contributed by atoms with Gasteiger partial charge in [0, 0.05) is 37.6 Å². The predicted molar refractivity (Wildman–Crippen MR) is 212 cm³/mol. The van der Waals surface area contributed by atoms with Crippen molar-refractivity contribution < 1.29 is 19.2 Å². The fraction of sp³-hybridized carbons (Fsp3) is 0.579. The molecule has 0 radical (unpaired) electrons. The first kappa shape index (κ1) is 41.4. The van der Waals surface area contributed by atoms with Crippen molar-refractivity contribution in [2.75, 3.05) is 36.4 Å². The van der Waals surface area contributed by atoms with Gasteiger partial charge in [0.1, 0.15) is 11.6 Å². The maximum atomic E-state index is 13.6. The molecule has 0 bridgehead atoms. The van der Waals surface area contributed by atoms with Gasteiger partial charge in [-0.3, -0.25) is 39.3 Å². The molecule has 13 nitrogen and oxygen atoms in total. The van der Waals surface area contributed by atoms with Crippen LogP contribution in [0, 0.1) is 17.2 Å². The summed E-state index contributed by atoms with van der Waals surface area (Å²) in [6, 6.07) is 7.64. The molecule has 2 aromatic rings. The number of hydrogen-bond donors (Lipinski definition) is 2. The summed E-state index contributed by atoms with van der Waals surface area (Å²) in [5, 5.41) is 15.2. The molecule has 0 spiro atoms. The first-order chi connectivity index (χ1) is 25.3. The lowest BCUT2D eigenvalue weighted by Crippen LogP contribution is -2.58. The Balaban J connectivity index is 0.00000561. The van der Waals surface area contributed by atoms with Gasteiger partial charge in [-0.1, -0.05) is 11.6 Å². The van der Waals surface area contributed by atoms with Crippen molar-refractivity contribution in [2.24, 2.45) is 5.92 Å². The molecule has 1 saturated carbocycles. The van der Waals surface area contributed by atoms with Crippen molar-refractivity contribution >= 4 is 76.3 Å². The van der Waals surface area contributed by atoms with E-state index in [2.05, 4.69) is 49.1 Å². The van der Waals surface area contributed by atoms with Gasteiger partial charge in [0.15, 0.2) is 10.8 Å². The first-order valence-electron chi connectivity index (χ1n) is 18.6. The van der Waals surface area contributed by atoms with E-state index >= 15 is 0 Å². The highest BCUT2D eigenvalue weighted by Gasteiger charge is 2.52. The zero-order valence-electron chi connectivity index (χ0n) is 31.2. The number of nitriles is 1. The molecule has 290 valence electrons. The molecule has 4 aliphatic rings. The number of piperidine rings is 1. The van der Waals surface area contributed by atoms with E-state index < -0.39 is 11.5 Å². The number of nitrogens with zero attached hydrogens (tertiary/aromatic N) is 7. The summed E-state index contributed by atoms with van der Waals surface area (Å²) in [6.45, 7) is 11.3. The number of rotatable bonds is 10. The number of aromatic nitrogens is 2. The summed E-state index contributed by atoms with van der Waals surface area (Å²) in [5.74, 6) is -0.641. The van der Waals surface area contributed by atoms with Crippen LogP contribution in [0.5, 0.6) is 0 Å². The molecule has 4 amide bonds. The standard InChI is InChI=1S/C38H48ClN9O4S.ClH/c1-23-20-45(21-24(2)46(23)22-34(50)43-26-9-13-31(41-18-26)29-12-14-33(49)44-35(29)51)15-5-6-25-7-10-27(11-8-25)48-37(53)47(36(52)38(48,3)4)28-16-30(39)32(17-40)42-19-28;/h9,13,16,18-19,23-25,27,29H,5-8,10-12,14-15,20-22H2,1-4H3,(H,43,50)(H,44,49,51);1H/t23-,24+,25?,27?,29?;. The van der Waals surface area contributed by atoms with E-state index in [1.165, 1.54) is 11.1 Å². The van der Waals surface area contributed by atoms with Crippen LogP contribution in [0.15, 0.2) is 30.6 Å². The molecular weight excluding hydrogens is 749 g/mol. The number of nitrogens with one attached hydrogen (secondary N) is 2. The minimum atomic E-state index is -0.798. The maximum absolute atomic E-state index is 13.6. The minimum absolute atomic E-state index is 0. The lowest BCUT2D eigenvalue weighted by atomic mass is 9.82. The molecule has 1 aliphatic carbocycles. The normalized spacial score (nSPS) is 26.3. The monoisotopic (exact) mass is 797 g/mol. The van der Waals surface area contributed by atoms with Gasteiger partial charge in [-0.2, -0.15) is 5.26 Å². The average Bonchev–Trinajstić information content (AvgIpc) is 3.29. The SMILES string of the molecule is C[C@@H]1CN(CCCC2CCC(N3C(=S)N(c4cnc(C#N)c(Cl)c4)C(=O)C3(C)C)CC2)C[C@H](C)N1CC(=O)Nc1ccc(C2CCC(=O)NC2=O)nc1.Cl. The molecule has 0 aromatic carbocycles. The second-order valence-corrected chi connectivity index (χ2v) is 16.2. The lowest BCUT2D eigenvalue weighted by molar-refractivity contribution is -0.134. The molecule has 16 heteroatoms. The van der Waals surface area contributed by atoms with E-state index in [4.69, 9.17) is 23.8 Å². The van der Waals surface area contributed by atoms with Gasteiger partial charge in [-0.25, -0.2) is 4.98 Å². The minimum Gasteiger partial charge on any atom is -0.331 e. The molecule has 6 rings (SSSR count). The molecule has 2 aromatic heterocycles. The molecule has 5 heterocycles. The van der Waals surface area contributed by atoms with E-state index in [9.17, 15) is 24.4 Å². The van der Waals surface area contributed by atoms with E-state index in [0.29, 0.717) is 40.9 Å². The second-order valence-electron chi connectivity index (χ2n) is 15.5.